The SMILES string of the molecule is COc1ccnc(C(=O)N[C@@H](C)C(=O)O[C@@H](C)[C@H](Oc2ccccc2)c2ccccc2)c1O. The first kappa shape index (κ1) is 23.6. The summed E-state index contributed by atoms with van der Waals surface area (Å²) in [5.41, 5.74) is 0.584. The lowest BCUT2D eigenvalue weighted by molar-refractivity contribution is -0.154. The Labute approximate surface area is 192 Å². The molecule has 2 aromatic carbocycles. The summed E-state index contributed by atoms with van der Waals surface area (Å²) in [5, 5.41) is 12.6. The molecule has 1 aromatic heterocycles. The average Bonchev–Trinajstić information content (AvgIpc) is 2.83. The number of carbonyl (C=O) groups is 2. The quantitative estimate of drug-likeness (QED) is 0.479. The van der Waals surface area contributed by atoms with Gasteiger partial charge >= 0.3 is 5.97 Å². The van der Waals surface area contributed by atoms with Gasteiger partial charge in [0, 0.05) is 12.3 Å². The summed E-state index contributed by atoms with van der Waals surface area (Å²) >= 11 is 0. The molecule has 1 amide bonds. The molecular formula is C25H26N2O6. The summed E-state index contributed by atoms with van der Waals surface area (Å²) < 4.78 is 16.7. The van der Waals surface area contributed by atoms with Crippen LogP contribution in [0, 0.1) is 0 Å². The predicted molar refractivity (Wildman–Crippen MR) is 121 cm³/mol. The number of methoxy groups -OCH3 is 1. The van der Waals surface area contributed by atoms with Crippen LogP contribution in [0.1, 0.15) is 36.0 Å². The van der Waals surface area contributed by atoms with Crippen molar-refractivity contribution in [1.82, 2.24) is 10.3 Å². The van der Waals surface area contributed by atoms with E-state index in [1.807, 2.05) is 60.7 Å². The van der Waals surface area contributed by atoms with E-state index in [9.17, 15) is 14.7 Å². The number of esters is 1. The van der Waals surface area contributed by atoms with Crippen LogP contribution in [0.3, 0.4) is 0 Å². The van der Waals surface area contributed by atoms with Crippen molar-refractivity contribution in [1.29, 1.82) is 0 Å². The highest BCUT2D eigenvalue weighted by atomic mass is 16.6. The highest BCUT2D eigenvalue weighted by Gasteiger charge is 2.28. The molecule has 8 heteroatoms. The Morgan fingerprint density at radius 2 is 1.61 bits per heavy atom. The standard InChI is InChI=1S/C25H26N2O6/c1-16(27-24(29)21-22(28)20(31-3)14-15-26-21)25(30)32-17(2)23(18-10-6-4-7-11-18)33-19-12-8-5-9-13-19/h4-17,23,28H,1-3H3,(H,27,29)/t16-,17-,23-/m0/s1. The zero-order chi connectivity index (χ0) is 23.8. The second-order valence-electron chi connectivity index (χ2n) is 7.31. The van der Waals surface area contributed by atoms with Crippen LogP contribution < -0.4 is 14.8 Å². The maximum atomic E-state index is 12.7. The number of benzene rings is 2. The zero-order valence-electron chi connectivity index (χ0n) is 18.6. The molecule has 0 aliphatic carbocycles. The van der Waals surface area contributed by atoms with Crippen LogP contribution in [0.2, 0.25) is 0 Å². The van der Waals surface area contributed by atoms with Crippen molar-refractivity contribution in [3.8, 4) is 17.2 Å². The van der Waals surface area contributed by atoms with E-state index >= 15 is 0 Å². The van der Waals surface area contributed by atoms with Crippen molar-refractivity contribution >= 4 is 11.9 Å². The van der Waals surface area contributed by atoms with Gasteiger partial charge in [-0.25, -0.2) is 9.78 Å². The predicted octanol–water partition coefficient (Wildman–Crippen LogP) is 3.67. The average molecular weight is 450 g/mol. The minimum Gasteiger partial charge on any atom is -0.503 e. The Morgan fingerprint density at radius 1 is 0.970 bits per heavy atom. The lowest BCUT2D eigenvalue weighted by Gasteiger charge is -2.26. The van der Waals surface area contributed by atoms with Crippen molar-refractivity contribution in [3.63, 3.8) is 0 Å². The van der Waals surface area contributed by atoms with Gasteiger partial charge in [-0.1, -0.05) is 48.5 Å². The highest BCUT2D eigenvalue weighted by Crippen LogP contribution is 2.28. The highest BCUT2D eigenvalue weighted by molar-refractivity contribution is 5.97. The Balaban J connectivity index is 1.69. The smallest absolute Gasteiger partial charge is 0.328 e. The van der Waals surface area contributed by atoms with E-state index < -0.39 is 35.9 Å². The molecule has 0 aliphatic heterocycles. The van der Waals surface area contributed by atoms with Crippen LogP contribution in [0.4, 0.5) is 0 Å². The molecule has 0 bridgehead atoms. The number of hydrogen-bond donors (Lipinski definition) is 2. The molecule has 0 radical (unpaired) electrons. The van der Waals surface area contributed by atoms with Gasteiger partial charge in [-0.3, -0.25) is 4.79 Å². The zero-order valence-corrected chi connectivity index (χ0v) is 18.6. The Bertz CT molecular complexity index is 1070. The lowest BCUT2D eigenvalue weighted by atomic mass is 10.0. The van der Waals surface area contributed by atoms with Crippen molar-refractivity contribution in [3.05, 3.63) is 84.2 Å². The van der Waals surface area contributed by atoms with E-state index in [2.05, 4.69) is 10.3 Å². The van der Waals surface area contributed by atoms with Crippen molar-refractivity contribution in [2.75, 3.05) is 7.11 Å². The summed E-state index contributed by atoms with van der Waals surface area (Å²) in [4.78, 5) is 29.1. The second-order valence-corrected chi connectivity index (χ2v) is 7.31. The molecule has 0 aliphatic rings. The number of amides is 1. The first-order chi connectivity index (χ1) is 15.9. The fourth-order valence-electron chi connectivity index (χ4n) is 3.16. The van der Waals surface area contributed by atoms with Crippen LogP contribution in [0.15, 0.2) is 72.9 Å². The number of nitrogens with one attached hydrogen (secondary N) is 1. The van der Waals surface area contributed by atoms with Crippen molar-refractivity contribution in [2.24, 2.45) is 0 Å². The van der Waals surface area contributed by atoms with Gasteiger partial charge in [-0.15, -0.1) is 0 Å². The van der Waals surface area contributed by atoms with Crippen LogP contribution in [-0.4, -0.2) is 41.2 Å². The normalized spacial score (nSPS) is 13.3. The van der Waals surface area contributed by atoms with Gasteiger partial charge in [-0.05, 0) is 31.5 Å². The summed E-state index contributed by atoms with van der Waals surface area (Å²) in [5.74, 6) is -1.07. The van der Waals surface area contributed by atoms with E-state index in [-0.39, 0.29) is 11.4 Å². The number of nitrogens with zero attached hydrogens (tertiary/aromatic N) is 1. The molecule has 0 saturated carbocycles. The van der Waals surface area contributed by atoms with Gasteiger partial charge in [0.25, 0.3) is 5.91 Å². The van der Waals surface area contributed by atoms with E-state index in [4.69, 9.17) is 14.2 Å². The molecule has 172 valence electrons. The van der Waals surface area contributed by atoms with Gasteiger partial charge in [0.05, 0.1) is 7.11 Å². The third-order valence-corrected chi connectivity index (χ3v) is 4.89. The molecule has 0 fully saturated rings. The molecule has 8 nitrogen and oxygen atoms in total. The van der Waals surface area contributed by atoms with Crippen LogP contribution in [-0.2, 0) is 9.53 Å². The molecule has 2 N–H and O–H groups in total. The summed E-state index contributed by atoms with van der Waals surface area (Å²) in [7, 11) is 1.36. The second kappa shape index (κ2) is 11.0. The molecule has 0 spiro atoms. The third kappa shape index (κ3) is 6.00. The monoisotopic (exact) mass is 450 g/mol. The number of pyridine rings is 1. The van der Waals surface area contributed by atoms with E-state index in [0.29, 0.717) is 5.75 Å². The van der Waals surface area contributed by atoms with E-state index in [1.165, 1.54) is 26.3 Å². The molecule has 33 heavy (non-hydrogen) atoms. The number of para-hydroxylation sites is 1. The summed E-state index contributed by atoms with van der Waals surface area (Å²) in [6.07, 6.45) is 0.0940. The van der Waals surface area contributed by atoms with Crippen molar-refractivity contribution in [2.45, 2.75) is 32.1 Å². The number of hydrogen-bond acceptors (Lipinski definition) is 7. The third-order valence-electron chi connectivity index (χ3n) is 4.89. The number of carbonyl (C=O) groups excluding carboxylic acids is 2. The van der Waals surface area contributed by atoms with Crippen LogP contribution in [0.25, 0.3) is 0 Å². The molecule has 3 aromatic rings. The maximum Gasteiger partial charge on any atom is 0.328 e. The van der Waals surface area contributed by atoms with Gasteiger partial charge in [0.2, 0.25) is 0 Å². The summed E-state index contributed by atoms with van der Waals surface area (Å²) in [6.45, 7) is 3.21. The Morgan fingerprint density at radius 3 is 2.24 bits per heavy atom. The topological polar surface area (TPSA) is 107 Å². The minimum absolute atomic E-state index is 0.0998. The Hall–Kier alpha value is -4.07. The lowest BCUT2D eigenvalue weighted by Crippen LogP contribution is -2.42. The first-order valence-corrected chi connectivity index (χ1v) is 10.4. The molecule has 0 saturated heterocycles. The van der Waals surface area contributed by atoms with Crippen molar-refractivity contribution < 1.29 is 28.9 Å². The molecule has 1 heterocycles. The molecule has 3 atom stereocenters. The molecular weight excluding hydrogens is 424 g/mol. The first-order valence-electron chi connectivity index (χ1n) is 10.4. The van der Waals surface area contributed by atoms with Gasteiger partial charge in [0.15, 0.2) is 23.3 Å². The maximum absolute atomic E-state index is 12.7. The Kier molecular flexibility index (Phi) is 7.86. The number of aromatic hydroxyl groups is 1. The van der Waals surface area contributed by atoms with Gasteiger partial charge < -0.3 is 24.6 Å². The van der Waals surface area contributed by atoms with Crippen LogP contribution in [0.5, 0.6) is 17.2 Å². The number of aromatic nitrogens is 1. The van der Waals surface area contributed by atoms with Gasteiger partial charge in [0.1, 0.15) is 17.9 Å². The fraction of sp³-hybridized carbons (Fsp3) is 0.240. The van der Waals surface area contributed by atoms with E-state index in [1.54, 1.807) is 6.92 Å². The molecule has 0 unspecified atom stereocenters. The molecule has 3 rings (SSSR count). The fourth-order valence-corrected chi connectivity index (χ4v) is 3.16. The largest absolute Gasteiger partial charge is 0.503 e. The summed E-state index contributed by atoms with van der Waals surface area (Å²) in [6, 6.07) is 19.1. The van der Waals surface area contributed by atoms with Crippen LogP contribution >= 0.6 is 0 Å². The van der Waals surface area contributed by atoms with E-state index in [0.717, 1.165) is 5.56 Å². The minimum atomic E-state index is -1.000. The van der Waals surface area contributed by atoms with Gasteiger partial charge in [-0.2, -0.15) is 0 Å². The number of ether oxygens (including phenoxy) is 3. The number of rotatable bonds is 9.